The van der Waals surface area contributed by atoms with Gasteiger partial charge in [0, 0.05) is 24.6 Å². The van der Waals surface area contributed by atoms with Crippen LogP contribution in [0.25, 0.3) is 0 Å². The van der Waals surface area contributed by atoms with Crippen LogP contribution in [-0.2, 0) is 7.05 Å². The van der Waals surface area contributed by atoms with Gasteiger partial charge in [-0.2, -0.15) is 0 Å². The molecular formula is C20H19N3O. The molecule has 1 N–H and O–H groups in total. The van der Waals surface area contributed by atoms with E-state index in [1.807, 2.05) is 90.3 Å². The zero-order chi connectivity index (χ0) is 16.7. The van der Waals surface area contributed by atoms with E-state index in [0.717, 1.165) is 17.1 Å². The zero-order valence-electron chi connectivity index (χ0n) is 13.7. The molecule has 2 aromatic carbocycles. The normalized spacial score (nSPS) is 16.7. The van der Waals surface area contributed by atoms with E-state index < -0.39 is 0 Å². The smallest absolute Gasteiger partial charge is 0.262 e. The molecule has 2 heterocycles. The Morgan fingerprint density at radius 2 is 1.71 bits per heavy atom. The Kier molecular flexibility index (Phi) is 3.38. The van der Waals surface area contributed by atoms with Crippen LogP contribution in [0.15, 0.2) is 66.9 Å². The maximum Gasteiger partial charge on any atom is 0.262 e. The monoisotopic (exact) mass is 317 g/mol. The minimum Gasteiger partial charge on any atom is -0.359 e. The first kappa shape index (κ1) is 14.6. The van der Waals surface area contributed by atoms with Crippen LogP contribution in [0.1, 0.15) is 27.8 Å². The highest BCUT2D eigenvalue weighted by Gasteiger charge is 2.34. The first-order valence-corrected chi connectivity index (χ1v) is 8.02. The fraction of sp³-hybridized carbons (Fsp3) is 0.150. The number of para-hydroxylation sites is 1. The second-order valence-corrected chi connectivity index (χ2v) is 6.15. The van der Waals surface area contributed by atoms with Crippen molar-refractivity contribution in [1.82, 2.24) is 4.57 Å². The van der Waals surface area contributed by atoms with Gasteiger partial charge in [0.05, 0.1) is 11.3 Å². The van der Waals surface area contributed by atoms with E-state index in [2.05, 4.69) is 5.32 Å². The molecule has 0 spiro atoms. The lowest BCUT2D eigenvalue weighted by Crippen LogP contribution is -2.43. The molecule has 4 nitrogen and oxygen atoms in total. The molecule has 0 fully saturated rings. The quantitative estimate of drug-likeness (QED) is 0.772. The predicted octanol–water partition coefficient (Wildman–Crippen LogP) is 4.10. The van der Waals surface area contributed by atoms with Gasteiger partial charge >= 0.3 is 0 Å². The van der Waals surface area contributed by atoms with Crippen LogP contribution in [-0.4, -0.2) is 10.5 Å². The summed E-state index contributed by atoms with van der Waals surface area (Å²) >= 11 is 0. The minimum absolute atomic E-state index is 0.0133. The molecule has 0 radical (unpaired) electrons. The summed E-state index contributed by atoms with van der Waals surface area (Å²) in [6.45, 7) is 2.05. The van der Waals surface area contributed by atoms with E-state index in [1.54, 1.807) is 0 Å². The third-order valence-electron chi connectivity index (χ3n) is 4.50. The Bertz CT molecular complexity index is 895. The molecule has 0 bridgehead atoms. The summed E-state index contributed by atoms with van der Waals surface area (Å²) in [6, 6.07) is 19.8. The van der Waals surface area contributed by atoms with E-state index in [0.29, 0.717) is 5.56 Å². The number of carbonyl (C=O) groups excluding carboxylic acids is 1. The summed E-state index contributed by atoms with van der Waals surface area (Å²) in [5.41, 5.74) is 4.67. The topological polar surface area (TPSA) is 37.3 Å². The van der Waals surface area contributed by atoms with Crippen molar-refractivity contribution in [3.8, 4) is 0 Å². The highest BCUT2D eigenvalue weighted by molar-refractivity contribution is 6.12. The largest absolute Gasteiger partial charge is 0.359 e. The number of carbonyl (C=O) groups is 1. The number of hydrogen-bond acceptors (Lipinski definition) is 2. The molecule has 0 aliphatic carbocycles. The van der Waals surface area contributed by atoms with Crippen molar-refractivity contribution in [3.63, 3.8) is 0 Å². The molecule has 1 aliphatic rings. The van der Waals surface area contributed by atoms with E-state index in [-0.39, 0.29) is 12.1 Å². The number of anilines is 2. The molecule has 1 aliphatic heterocycles. The fourth-order valence-corrected chi connectivity index (χ4v) is 3.19. The minimum atomic E-state index is -0.241. The lowest BCUT2D eigenvalue weighted by atomic mass is 10.0. The van der Waals surface area contributed by atoms with Gasteiger partial charge in [-0.3, -0.25) is 9.69 Å². The van der Waals surface area contributed by atoms with E-state index >= 15 is 0 Å². The highest BCUT2D eigenvalue weighted by Crippen LogP contribution is 2.36. The number of nitrogens with zero attached hydrogens (tertiary/aromatic N) is 2. The second kappa shape index (κ2) is 5.57. The average molecular weight is 317 g/mol. The Morgan fingerprint density at radius 1 is 0.958 bits per heavy atom. The summed E-state index contributed by atoms with van der Waals surface area (Å²) in [4.78, 5) is 15.0. The second-order valence-electron chi connectivity index (χ2n) is 6.15. The Balaban J connectivity index is 1.87. The van der Waals surface area contributed by atoms with Crippen LogP contribution < -0.4 is 10.2 Å². The van der Waals surface area contributed by atoms with Gasteiger partial charge < -0.3 is 9.88 Å². The van der Waals surface area contributed by atoms with Crippen LogP contribution >= 0.6 is 0 Å². The highest BCUT2D eigenvalue weighted by atomic mass is 16.2. The summed E-state index contributed by atoms with van der Waals surface area (Å²) in [7, 11) is 2.00. The summed E-state index contributed by atoms with van der Waals surface area (Å²) in [5, 5.41) is 3.52. The lowest BCUT2D eigenvalue weighted by Gasteiger charge is -2.38. The fourth-order valence-electron chi connectivity index (χ4n) is 3.19. The van der Waals surface area contributed by atoms with Gasteiger partial charge in [-0.25, -0.2) is 0 Å². The number of hydrogen-bond donors (Lipinski definition) is 1. The van der Waals surface area contributed by atoms with Crippen molar-refractivity contribution in [3.05, 3.63) is 83.7 Å². The summed E-state index contributed by atoms with van der Waals surface area (Å²) in [5.74, 6) is 0.0133. The molecule has 0 saturated heterocycles. The maximum atomic E-state index is 13.2. The van der Waals surface area contributed by atoms with E-state index in [9.17, 15) is 4.79 Å². The van der Waals surface area contributed by atoms with Gasteiger partial charge in [0.15, 0.2) is 0 Å². The molecule has 24 heavy (non-hydrogen) atoms. The number of rotatable bonds is 2. The zero-order valence-corrected chi connectivity index (χ0v) is 13.7. The van der Waals surface area contributed by atoms with E-state index in [1.165, 1.54) is 5.56 Å². The summed E-state index contributed by atoms with van der Waals surface area (Å²) < 4.78 is 2.04. The van der Waals surface area contributed by atoms with Crippen LogP contribution in [0, 0.1) is 6.92 Å². The predicted molar refractivity (Wildman–Crippen MR) is 96.2 cm³/mol. The van der Waals surface area contributed by atoms with Crippen LogP contribution in [0.3, 0.4) is 0 Å². The molecular weight excluding hydrogens is 298 g/mol. The Morgan fingerprint density at radius 3 is 2.42 bits per heavy atom. The van der Waals surface area contributed by atoms with Crippen LogP contribution in [0.5, 0.6) is 0 Å². The molecule has 0 unspecified atom stereocenters. The van der Waals surface area contributed by atoms with Crippen molar-refractivity contribution < 1.29 is 4.79 Å². The lowest BCUT2D eigenvalue weighted by molar-refractivity contribution is 0.0974. The third kappa shape index (κ3) is 2.27. The Labute approximate surface area is 141 Å². The number of benzene rings is 2. The number of fused-ring (bicyclic) bond motifs is 1. The molecule has 1 atom stereocenters. The SMILES string of the molecule is Cc1ccc(N2C(=O)c3ccccc3N[C@@H]2c2cccn2C)cc1. The van der Waals surface area contributed by atoms with Crippen molar-refractivity contribution in [2.24, 2.45) is 7.05 Å². The molecule has 4 rings (SSSR count). The molecule has 4 heteroatoms. The van der Waals surface area contributed by atoms with Crippen molar-refractivity contribution in [2.75, 3.05) is 10.2 Å². The molecule has 1 aromatic heterocycles. The van der Waals surface area contributed by atoms with Gasteiger partial charge in [0.1, 0.15) is 6.17 Å². The summed E-state index contributed by atoms with van der Waals surface area (Å²) in [6.07, 6.45) is 1.75. The molecule has 120 valence electrons. The Hall–Kier alpha value is -3.01. The standard InChI is InChI=1S/C20H19N3O/c1-14-9-11-15(12-10-14)23-19(18-8-5-13-22(18)2)21-17-7-4-3-6-16(17)20(23)24/h3-13,19,21H,1-2H3/t19-/m0/s1. The molecule has 1 amide bonds. The van der Waals surface area contributed by atoms with Crippen LogP contribution in [0.2, 0.25) is 0 Å². The number of aryl methyl sites for hydroxylation is 2. The van der Waals surface area contributed by atoms with Crippen LogP contribution in [0.4, 0.5) is 11.4 Å². The van der Waals surface area contributed by atoms with Gasteiger partial charge in [-0.1, -0.05) is 29.8 Å². The molecule has 0 saturated carbocycles. The van der Waals surface area contributed by atoms with Gasteiger partial charge in [-0.15, -0.1) is 0 Å². The maximum absolute atomic E-state index is 13.2. The van der Waals surface area contributed by atoms with E-state index in [4.69, 9.17) is 0 Å². The first-order valence-electron chi connectivity index (χ1n) is 8.02. The van der Waals surface area contributed by atoms with Crippen molar-refractivity contribution >= 4 is 17.3 Å². The van der Waals surface area contributed by atoms with Crippen molar-refractivity contribution in [1.29, 1.82) is 0 Å². The first-order chi connectivity index (χ1) is 11.6. The van der Waals surface area contributed by atoms with Gasteiger partial charge in [0.2, 0.25) is 0 Å². The van der Waals surface area contributed by atoms with Gasteiger partial charge in [-0.05, 0) is 43.3 Å². The van der Waals surface area contributed by atoms with Crippen molar-refractivity contribution in [2.45, 2.75) is 13.1 Å². The molecule has 3 aromatic rings. The number of nitrogens with one attached hydrogen (secondary N) is 1. The third-order valence-corrected chi connectivity index (χ3v) is 4.50. The number of amides is 1. The average Bonchev–Trinajstić information content (AvgIpc) is 3.02. The number of aromatic nitrogens is 1. The van der Waals surface area contributed by atoms with Gasteiger partial charge in [0.25, 0.3) is 5.91 Å².